The highest BCUT2D eigenvalue weighted by atomic mass is 35.5. The topological polar surface area (TPSA) is 52.6 Å². The summed E-state index contributed by atoms with van der Waals surface area (Å²) in [5.74, 6) is -0.0385. The van der Waals surface area contributed by atoms with E-state index in [1.165, 1.54) is 0 Å². The molecule has 0 amide bonds. The molecular weight excluding hydrogens is 376 g/mol. The third-order valence-electron chi connectivity index (χ3n) is 4.64. The van der Waals surface area contributed by atoms with E-state index in [0.29, 0.717) is 28.5 Å². The van der Waals surface area contributed by atoms with Crippen molar-refractivity contribution >= 4 is 23.4 Å². The van der Waals surface area contributed by atoms with Gasteiger partial charge in [0.15, 0.2) is 11.4 Å². The lowest BCUT2D eigenvalue weighted by molar-refractivity contribution is -0.162. The standard InChI is InChI=1S/C23H27ClO4/c1-6-22(2,3)15-27-21(26)23(4,5)28-19-13-9-17(10-14-19)20(25)16-7-11-18(24)12-8-16/h7-14H,6,15H2,1-5H3. The van der Waals surface area contributed by atoms with Gasteiger partial charge in [-0.25, -0.2) is 4.79 Å². The highest BCUT2D eigenvalue weighted by Gasteiger charge is 2.33. The molecule has 0 aromatic heterocycles. The Morgan fingerprint density at radius 1 is 0.893 bits per heavy atom. The van der Waals surface area contributed by atoms with E-state index in [1.807, 2.05) is 13.8 Å². The second-order valence-electron chi connectivity index (χ2n) is 8.07. The van der Waals surface area contributed by atoms with Crippen molar-refractivity contribution in [2.24, 2.45) is 5.41 Å². The van der Waals surface area contributed by atoms with Gasteiger partial charge in [-0.1, -0.05) is 32.4 Å². The third-order valence-corrected chi connectivity index (χ3v) is 4.89. The number of esters is 1. The van der Waals surface area contributed by atoms with Crippen molar-refractivity contribution in [3.63, 3.8) is 0 Å². The Balaban J connectivity index is 2.03. The van der Waals surface area contributed by atoms with E-state index in [9.17, 15) is 9.59 Å². The summed E-state index contributed by atoms with van der Waals surface area (Å²) in [5.41, 5.74) is -0.124. The zero-order valence-electron chi connectivity index (χ0n) is 17.0. The van der Waals surface area contributed by atoms with Gasteiger partial charge in [0, 0.05) is 16.1 Å². The summed E-state index contributed by atoms with van der Waals surface area (Å²) in [6, 6.07) is 13.4. The molecule has 0 bridgehead atoms. The molecule has 0 aliphatic heterocycles. The summed E-state index contributed by atoms with van der Waals surface area (Å²) in [6.45, 7) is 9.82. The largest absolute Gasteiger partial charge is 0.476 e. The molecule has 2 rings (SSSR count). The minimum absolute atomic E-state index is 0.0740. The van der Waals surface area contributed by atoms with Gasteiger partial charge in [0.25, 0.3) is 0 Å². The molecule has 0 aliphatic rings. The molecule has 150 valence electrons. The molecular formula is C23H27ClO4. The number of carbonyl (C=O) groups is 2. The molecule has 0 heterocycles. The molecule has 0 aliphatic carbocycles. The van der Waals surface area contributed by atoms with Crippen LogP contribution in [0.1, 0.15) is 57.0 Å². The average Bonchev–Trinajstić information content (AvgIpc) is 2.66. The molecule has 0 atom stereocenters. The van der Waals surface area contributed by atoms with Gasteiger partial charge in [-0.2, -0.15) is 0 Å². The first-order valence-corrected chi connectivity index (χ1v) is 9.68. The Labute approximate surface area is 171 Å². The number of rotatable bonds is 8. The van der Waals surface area contributed by atoms with E-state index in [0.717, 1.165) is 6.42 Å². The van der Waals surface area contributed by atoms with Gasteiger partial charge in [0.2, 0.25) is 0 Å². The Hall–Kier alpha value is -2.33. The van der Waals surface area contributed by atoms with Crippen molar-refractivity contribution in [1.29, 1.82) is 0 Å². The van der Waals surface area contributed by atoms with E-state index >= 15 is 0 Å². The Morgan fingerprint density at radius 3 is 1.89 bits per heavy atom. The summed E-state index contributed by atoms with van der Waals surface area (Å²) >= 11 is 5.86. The number of ether oxygens (including phenoxy) is 2. The number of benzene rings is 2. The Morgan fingerprint density at radius 2 is 1.39 bits per heavy atom. The van der Waals surface area contributed by atoms with Crippen LogP contribution < -0.4 is 4.74 Å². The quantitative estimate of drug-likeness (QED) is 0.419. The molecule has 0 unspecified atom stereocenters. The van der Waals surface area contributed by atoms with E-state index in [2.05, 4.69) is 6.92 Å². The van der Waals surface area contributed by atoms with Crippen molar-refractivity contribution in [3.8, 4) is 5.75 Å². The zero-order valence-corrected chi connectivity index (χ0v) is 17.8. The van der Waals surface area contributed by atoms with E-state index in [4.69, 9.17) is 21.1 Å². The van der Waals surface area contributed by atoms with Crippen LogP contribution in [0.25, 0.3) is 0 Å². The van der Waals surface area contributed by atoms with Crippen molar-refractivity contribution in [1.82, 2.24) is 0 Å². The van der Waals surface area contributed by atoms with E-state index in [1.54, 1.807) is 62.4 Å². The van der Waals surface area contributed by atoms with Crippen molar-refractivity contribution < 1.29 is 19.1 Å². The highest BCUT2D eigenvalue weighted by Crippen LogP contribution is 2.24. The summed E-state index contributed by atoms with van der Waals surface area (Å²) in [4.78, 5) is 24.9. The highest BCUT2D eigenvalue weighted by molar-refractivity contribution is 6.30. The van der Waals surface area contributed by atoms with Crippen LogP contribution in [0.3, 0.4) is 0 Å². The minimum Gasteiger partial charge on any atom is -0.476 e. The van der Waals surface area contributed by atoms with Crippen LogP contribution in [0.2, 0.25) is 5.02 Å². The maximum atomic E-state index is 12.5. The maximum absolute atomic E-state index is 12.5. The SMILES string of the molecule is CCC(C)(C)COC(=O)C(C)(C)Oc1ccc(C(=O)c2ccc(Cl)cc2)cc1. The number of ketones is 1. The predicted molar refractivity (Wildman–Crippen MR) is 111 cm³/mol. The normalized spacial score (nSPS) is 11.8. The molecule has 4 nitrogen and oxygen atoms in total. The summed E-state index contributed by atoms with van der Waals surface area (Å²) < 4.78 is 11.3. The fraction of sp³-hybridized carbons (Fsp3) is 0.391. The average molecular weight is 403 g/mol. The van der Waals surface area contributed by atoms with Crippen molar-refractivity contribution in [2.75, 3.05) is 6.61 Å². The van der Waals surface area contributed by atoms with Gasteiger partial charge >= 0.3 is 5.97 Å². The van der Waals surface area contributed by atoms with Crippen LogP contribution >= 0.6 is 11.6 Å². The van der Waals surface area contributed by atoms with Crippen molar-refractivity contribution in [3.05, 3.63) is 64.7 Å². The van der Waals surface area contributed by atoms with Crippen LogP contribution in [-0.2, 0) is 9.53 Å². The van der Waals surface area contributed by atoms with Gasteiger partial charge in [0.1, 0.15) is 5.75 Å². The second kappa shape index (κ2) is 8.78. The molecule has 0 spiro atoms. The summed E-state index contributed by atoms with van der Waals surface area (Å²) in [5, 5.41) is 0.580. The number of halogens is 1. The molecule has 28 heavy (non-hydrogen) atoms. The molecule has 0 saturated heterocycles. The lowest BCUT2D eigenvalue weighted by Crippen LogP contribution is -2.41. The predicted octanol–water partition coefficient (Wildman–Crippen LogP) is 5.71. The molecule has 0 fully saturated rings. The van der Waals surface area contributed by atoms with Gasteiger partial charge in [-0.15, -0.1) is 0 Å². The van der Waals surface area contributed by atoms with Gasteiger partial charge in [-0.3, -0.25) is 4.79 Å². The van der Waals surface area contributed by atoms with Gasteiger partial charge in [-0.05, 0) is 74.2 Å². The fourth-order valence-corrected chi connectivity index (χ4v) is 2.44. The minimum atomic E-state index is -1.13. The first-order valence-electron chi connectivity index (χ1n) is 9.31. The smallest absolute Gasteiger partial charge is 0.349 e. The lowest BCUT2D eigenvalue weighted by atomic mass is 9.92. The van der Waals surface area contributed by atoms with Crippen LogP contribution in [0.4, 0.5) is 0 Å². The second-order valence-corrected chi connectivity index (χ2v) is 8.50. The van der Waals surface area contributed by atoms with Crippen molar-refractivity contribution in [2.45, 2.75) is 46.6 Å². The Kier molecular flexibility index (Phi) is 6.89. The number of hydrogen-bond donors (Lipinski definition) is 0. The van der Waals surface area contributed by atoms with Gasteiger partial charge < -0.3 is 9.47 Å². The first-order chi connectivity index (χ1) is 13.0. The molecule has 2 aromatic carbocycles. The molecule has 0 N–H and O–H groups in total. The maximum Gasteiger partial charge on any atom is 0.349 e. The van der Waals surface area contributed by atoms with Gasteiger partial charge in [0.05, 0.1) is 6.61 Å². The third kappa shape index (κ3) is 5.83. The summed E-state index contributed by atoms with van der Waals surface area (Å²) in [6.07, 6.45) is 0.907. The monoisotopic (exact) mass is 402 g/mol. The molecule has 0 radical (unpaired) electrons. The molecule has 2 aromatic rings. The lowest BCUT2D eigenvalue weighted by Gasteiger charge is -2.28. The molecule has 0 saturated carbocycles. The number of carbonyl (C=O) groups excluding carboxylic acids is 2. The van der Waals surface area contributed by atoms with Crippen LogP contribution in [0, 0.1) is 5.41 Å². The fourth-order valence-electron chi connectivity index (χ4n) is 2.32. The van der Waals surface area contributed by atoms with Crippen LogP contribution in [0.5, 0.6) is 5.75 Å². The first kappa shape index (κ1) is 22.0. The summed E-state index contributed by atoms with van der Waals surface area (Å²) in [7, 11) is 0. The van der Waals surface area contributed by atoms with Crippen LogP contribution in [0.15, 0.2) is 48.5 Å². The molecule has 5 heteroatoms. The van der Waals surface area contributed by atoms with Crippen LogP contribution in [-0.4, -0.2) is 24.0 Å². The Bertz CT molecular complexity index is 821. The van der Waals surface area contributed by atoms with E-state index < -0.39 is 11.6 Å². The van der Waals surface area contributed by atoms with E-state index in [-0.39, 0.29) is 11.2 Å². The zero-order chi connectivity index (χ0) is 20.9. The number of hydrogen-bond acceptors (Lipinski definition) is 4.